The van der Waals surface area contributed by atoms with Crippen molar-refractivity contribution < 1.29 is 14.7 Å². The summed E-state index contributed by atoms with van der Waals surface area (Å²) in [5, 5.41) is 11.9. The number of amides is 1. The summed E-state index contributed by atoms with van der Waals surface area (Å²) < 4.78 is 0. The molecule has 0 aliphatic rings. The number of rotatable bonds is 4. The van der Waals surface area contributed by atoms with Gasteiger partial charge in [0.15, 0.2) is 6.04 Å². The van der Waals surface area contributed by atoms with E-state index >= 15 is 0 Å². The van der Waals surface area contributed by atoms with Crippen LogP contribution >= 0.6 is 11.6 Å². The van der Waals surface area contributed by atoms with Gasteiger partial charge in [0.25, 0.3) is 5.91 Å². The zero-order valence-corrected chi connectivity index (χ0v) is 10.4. The number of nitrogens with zero attached hydrogens (tertiary/aromatic N) is 1. The second-order valence-corrected chi connectivity index (χ2v) is 4.14. The Bertz CT molecular complexity index is 598. The van der Waals surface area contributed by atoms with Gasteiger partial charge in [-0.3, -0.25) is 4.79 Å². The highest BCUT2D eigenvalue weighted by Crippen LogP contribution is 2.23. The van der Waals surface area contributed by atoms with E-state index in [1.165, 1.54) is 12.5 Å². The topological polar surface area (TPSA) is 95.1 Å². The van der Waals surface area contributed by atoms with E-state index in [-0.39, 0.29) is 10.7 Å². The lowest BCUT2D eigenvalue weighted by Crippen LogP contribution is -2.34. The summed E-state index contributed by atoms with van der Waals surface area (Å²) in [6.45, 7) is 0. The molecule has 0 spiro atoms. The maximum Gasteiger partial charge on any atom is 0.330 e. The van der Waals surface area contributed by atoms with Gasteiger partial charge in [0.2, 0.25) is 0 Å². The minimum Gasteiger partial charge on any atom is -0.479 e. The Balaban J connectivity index is 2.25. The van der Waals surface area contributed by atoms with E-state index < -0.39 is 17.9 Å². The molecule has 0 saturated heterocycles. The third-order valence-electron chi connectivity index (χ3n) is 2.48. The van der Waals surface area contributed by atoms with E-state index in [1.54, 1.807) is 24.3 Å². The van der Waals surface area contributed by atoms with Crippen LogP contribution in [-0.2, 0) is 4.79 Å². The lowest BCUT2D eigenvalue weighted by molar-refractivity contribution is -0.139. The SMILES string of the molecule is O=C(N[C@@H](C(=O)O)c1ccccc1Cl)c1cnc[nH]1. The first-order chi connectivity index (χ1) is 9.09. The molecule has 0 aliphatic heterocycles. The highest BCUT2D eigenvalue weighted by Gasteiger charge is 2.24. The molecule has 1 amide bonds. The van der Waals surface area contributed by atoms with Gasteiger partial charge in [0.1, 0.15) is 5.69 Å². The maximum atomic E-state index is 11.8. The number of hydrogen-bond acceptors (Lipinski definition) is 3. The molecule has 1 heterocycles. The van der Waals surface area contributed by atoms with Gasteiger partial charge in [0, 0.05) is 10.6 Å². The molecule has 0 saturated carbocycles. The number of carbonyl (C=O) groups is 2. The summed E-state index contributed by atoms with van der Waals surface area (Å²) >= 11 is 5.94. The van der Waals surface area contributed by atoms with Crippen molar-refractivity contribution in [2.75, 3.05) is 0 Å². The van der Waals surface area contributed by atoms with E-state index in [2.05, 4.69) is 15.3 Å². The molecular formula is C12H10ClN3O3. The molecule has 2 rings (SSSR count). The molecule has 0 fully saturated rings. The number of carboxylic acids is 1. The maximum absolute atomic E-state index is 11.8. The number of H-pyrrole nitrogens is 1. The van der Waals surface area contributed by atoms with Gasteiger partial charge >= 0.3 is 5.97 Å². The van der Waals surface area contributed by atoms with Crippen LogP contribution in [0.4, 0.5) is 0 Å². The summed E-state index contributed by atoms with van der Waals surface area (Å²) in [7, 11) is 0. The molecule has 1 aromatic heterocycles. The summed E-state index contributed by atoms with van der Waals surface area (Å²) in [6.07, 6.45) is 2.64. The molecule has 1 atom stereocenters. The van der Waals surface area contributed by atoms with Gasteiger partial charge in [-0.25, -0.2) is 9.78 Å². The fourth-order valence-corrected chi connectivity index (χ4v) is 1.82. The Morgan fingerprint density at radius 2 is 2.11 bits per heavy atom. The van der Waals surface area contributed by atoms with Crippen LogP contribution in [0.1, 0.15) is 22.1 Å². The van der Waals surface area contributed by atoms with E-state index in [4.69, 9.17) is 11.6 Å². The van der Waals surface area contributed by atoms with Crippen molar-refractivity contribution >= 4 is 23.5 Å². The highest BCUT2D eigenvalue weighted by molar-refractivity contribution is 6.31. The van der Waals surface area contributed by atoms with E-state index in [0.717, 1.165) is 0 Å². The first-order valence-corrected chi connectivity index (χ1v) is 5.74. The Labute approximate surface area is 113 Å². The number of imidazole rings is 1. The summed E-state index contributed by atoms with van der Waals surface area (Å²) in [5.41, 5.74) is 0.503. The molecule has 0 aliphatic carbocycles. The van der Waals surface area contributed by atoms with E-state index in [1.807, 2.05) is 0 Å². The number of aromatic nitrogens is 2. The first kappa shape index (κ1) is 13.1. The van der Waals surface area contributed by atoms with Gasteiger partial charge in [0.05, 0.1) is 12.5 Å². The molecule has 98 valence electrons. The smallest absolute Gasteiger partial charge is 0.330 e. The molecule has 3 N–H and O–H groups in total. The second kappa shape index (κ2) is 5.53. The van der Waals surface area contributed by atoms with Gasteiger partial charge in [-0.05, 0) is 6.07 Å². The first-order valence-electron chi connectivity index (χ1n) is 5.36. The summed E-state index contributed by atoms with van der Waals surface area (Å²) in [4.78, 5) is 29.4. The number of aromatic amines is 1. The molecule has 0 unspecified atom stereocenters. The number of carboxylic acid groups (broad SMARTS) is 1. The second-order valence-electron chi connectivity index (χ2n) is 3.73. The Morgan fingerprint density at radius 1 is 1.37 bits per heavy atom. The molecule has 2 aromatic rings. The van der Waals surface area contributed by atoms with Crippen LogP contribution in [0.25, 0.3) is 0 Å². The van der Waals surface area contributed by atoms with Crippen molar-refractivity contribution in [1.29, 1.82) is 0 Å². The average Bonchev–Trinajstić information content (AvgIpc) is 2.90. The van der Waals surface area contributed by atoms with Crippen molar-refractivity contribution in [2.24, 2.45) is 0 Å². The predicted octanol–water partition coefficient (Wildman–Crippen LogP) is 1.62. The lowest BCUT2D eigenvalue weighted by atomic mass is 10.1. The van der Waals surface area contributed by atoms with Gasteiger partial charge in [-0.2, -0.15) is 0 Å². The van der Waals surface area contributed by atoms with Crippen LogP contribution in [0.3, 0.4) is 0 Å². The van der Waals surface area contributed by atoms with Crippen LogP contribution in [0.2, 0.25) is 5.02 Å². The number of hydrogen-bond donors (Lipinski definition) is 3. The monoisotopic (exact) mass is 279 g/mol. The Hall–Kier alpha value is -2.34. The van der Waals surface area contributed by atoms with E-state index in [0.29, 0.717) is 5.56 Å². The Morgan fingerprint density at radius 3 is 2.68 bits per heavy atom. The van der Waals surface area contributed by atoms with E-state index in [9.17, 15) is 14.7 Å². The Kier molecular flexibility index (Phi) is 3.82. The van der Waals surface area contributed by atoms with Crippen molar-refractivity contribution in [3.05, 3.63) is 53.1 Å². The van der Waals surface area contributed by atoms with Gasteiger partial charge < -0.3 is 15.4 Å². The van der Waals surface area contributed by atoms with Crippen molar-refractivity contribution in [3.63, 3.8) is 0 Å². The highest BCUT2D eigenvalue weighted by atomic mass is 35.5. The normalized spacial score (nSPS) is 11.8. The standard InChI is InChI=1S/C12H10ClN3O3/c13-8-4-2-1-3-7(8)10(12(18)19)16-11(17)9-5-14-6-15-9/h1-6,10H,(H,14,15)(H,16,17)(H,18,19)/t10-/m1/s1. The van der Waals surface area contributed by atoms with Crippen molar-refractivity contribution in [3.8, 4) is 0 Å². The fraction of sp³-hybridized carbons (Fsp3) is 0.0833. The number of aliphatic carboxylic acids is 1. The van der Waals surface area contributed by atoms with Crippen LogP contribution in [-0.4, -0.2) is 27.0 Å². The zero-order chi connectivity index (χ0) is 13.8. The molecule has 6 nitrogen and oxygen atoms in total. The predicted molar refractivity (Wildman–Crippen MR) is 67.9 cm³/mol. The minimum absolute atomic E-state index is 0.179. The number of nitrogens with one attached hydrogen (secondary N) is 2. The van der Waals surface area contributed by atoms with Crippen LogP contribution in [0, 0.1) is 0 Å². The quantitative estimate of drug-likeness (QED) is 0.792. The molecule has 19 heavy (non-hydrogen) atoms. The molecule has 0 bridgehead atoms. The van der Waals surface area contributed by atoms with Crippen molar-refractivity contribution in [2.45, 2.75) is 6.04 Å². The number of halogens is 1. The van der Waals surface area contributed by atoms with Crippen LogP contribution in [0.5, 0.6) is 0 Å². The van der Waals surface area contributed by atoms with Gasteiger partial charge in [-0.1, -0.05) is 29.8 Å². The molecule has 7 heteroatoms. The molecule has 1 aromatic carbocycles. The minimum atomic E-state index is -1.22. The lowest BCUT2D eigenvalue weighted by Gasteiger charge is -2.15. The number of carbonyl (C=O) groups excluding carboxylic acids is 1. The average molecular weight is 280 g/mol. The third-order valence-corrected chi connectivity index (χ3v) is 2.83. The van der Waals surface area contributed by atoms with Crippen LogP contribution in [0.15, 0.2) is 36.8 Å². The van der Waals surface area contributed by atoms with Crippen LogP contribution < -0.4 is 5.32 Å². The third kappa shape index (κ3) is 2.92. The van der Waals surface area contributed by atoms with Crippen molar-refractivity contribution in [1.82, 2.24) is 15.3 Å². The van der Waals surface area contributed by atoms with Gasteiger partial charge in [-0.15, -0.1) is 0 Å². The number of benzene rings is 1. The summed E-state index contributed by atoms with van der Waals surface area (Å²) in [5.74, 6) is -1.76. The zero-order valence-electron chi connectivity index (χ0n) is 9.63. The summed E-state index contributed by atoms with van der Waals surface area (Å²) in [6, 6.07) is 5.23. The largest absolute Gasteiger partial charge is 0.479 e. The molecular weight excluding hydrogens is 270 g/mol. The molecule has 0 radical (unpaired) electrons. The fourth-order valence-electron chi connectivity index (χ4n) is 1.57.